The van der Waals surface area contributed by atoms with Gasteiger partial charge in [0.05, 0.1) is 33.4 Å². The van der Waals surface area contributed by atoms with E-state index in [9.17, 15) is 84.3 Å². The molecule has 0 radical (unpaired) electrons. The molecule has 0 bridgehead atoms. The summed E-state index contributed by atoms with van der Waals surface area (Å²) in [5.41, 5.74) is -22.3. The van der Waals surface area contributed by atoms with Crippen molar-refractivity contribution in [2.75, 3.05) is 0 Å². The van der Waals surface area contributed by atoms with Crippen LogP contribution < -0.4 is 0 Å². The molecule has 0 spiro atoms. The number of fused-ring (bicyclic) bond motifs is 2. The molecule has 2 aliphatic rings. The summed E-state index contributed by atoms with van der Waals surface area (Å²) >= 11 is 0. The summed E-state index contributed by atoms with van der Waals surface area (Å²) < 4.78 is 184. The van der Waals surface area contributed by atoms with E-state index in [1.807, 2.05) is 0 Å². The fraction of sp³-hybridized carbons (Fsp3) is 0.111. The number of benzene rings is 3. The Kier molecular flexibility index (Phi) is 9.15. The van der Waals surface area contributed by atoms with Gasteiger partial charge in [-0.15, -0.1) is 0 Å². The maximum atomic E-state index is 17.2. The molecule has 3 aromatic rings. The molecule has 19 heteroatoms. The second-order valence-electron chi connectivity index (χ2n) is 11.3. The van der Waals surface area contributed by atoms with E-state index in [0.29, 0.717) is 6.07 Å². The maximum absolute atomic E-state index is 17.2. The van der Waals surface area contributed by atoms with Crippen molar-refractivity contribution in [3.63, 3.8) is 0 Å². The number of alkyl halides is 12. The summed E-state index contributed by atoms with van der Waals surface area (Å²) in [5.74, 6) is -1.82. The average Bonchev–Trinajstić information content (AvgIpc) is 3.61. The van der Waals surface area contributed by atoms with E-state index in [4.69, 9.17) is 0 Å². The third-order valence-electron chi connectivity index (χ3n) is 8.23. The minimum Gasteiger partial charge on any atom is -0.206 e. The minimum atomic E-state index is -5.47. The molecule has 0 aromatic heterocycles. The molecule has 0 unspecified atom stereocenters. The first kappa shape index (κ1) is 38.9. The average molecular weight is 770 g/mol. The summed E-state index contributed by atoms with van der Waals surface area (Å²) in [5, 5.41) is 59.7. The van der Waals surface area contributed by atoms with Crippen molar-refractivity contribution in [1.29, 1.82) is 31.6 Å². The van der Waals surface area contributed by atoms with Crippen LogP contribution in [0.4, 0.5) is 57.1 Å². The Labute approximate surface area is 298 Å². The van der Waals surface area contributed by atoms with Gasteiger partial charge in [-0.25, -0.2) is 4.39 Å². The molecular formula is C36H7F13N6. The Balaban J connectivity index is 2.02. The summed E-state index contributed by atoms with van der Waals surface area (Å²) in [6, 6.07) is 8.52. The Hall–Kier alpha value is -7.35. The van der Waals surface area contributed by atoms with Crippen molar-refractivity contribution >= 4 is 33.4 Å². The van der Waals surface area contributed by atoms with Gasteiger partial charge >= 0.3 is 24.7 Å². The first-order valence-corrected chi connectivity index (χ1v) is 14.3. The molecule has 2 aliphatic carbocycles. The van der Waals surface area contributed by atoms with Crippen LogP contribution in [0.2, 0.25) is 0 Å². The third-order valence-corrected chi connectivity index (χ3v) is 8.23. The summed E-state index contributed by atoms with van der Waals surface area (Å²) in [6.45, 7) is 0. The molecule has 0 aliphatic heterocycles. The highest BCUT2D eigenvalue weighted by molar-refractivity contribution is 6.30. The lowest BCUT2D eigenvalue weighted by Gasteiger charge is -2.17. The molecule has 0 N–H and O–H groups in total. The zero-order valence-electron chi connectivity index (χ0n) is 26.1. The van der Waals surface area contributed by atoms with E-state index in [2.05, 4.69) is 0 Å². The second-order valence-corrected chi connectivity index (χ2v) is 11.3. The van der Waals surface area contributed by atoms with Crippen LogP contribution in [0.15, 0.2) is 53.6 Å². The third kappa shape index (κ3) is 6.39. The number of halogens is 13. The topological polar surface area (TPSA) is 143 Å². The van der Waals surface area contributed by atoms with Crippen LogP contribution in [0.3, 0.4) is 0 Å². The largest absolute Gasteiger partial charge is 0.416 e. The number of nitrogens with zero attached hydrogens (tertiary/aromatic N) is 6. The first-order chi connectivity index (χ1) is 25.5. The zero-order chi connectivity index (χ0) is 41.2. The first-order valence-electron chi connectivity index (χ1n) is 14.3. The fourth-order valence-electron chi connectivity index (χ4n) is 6.08. The van der Waals surface area contributed by atoms with Crippen molar-refractivity contribution in [2.24, 2.45) is 0 Å². The molecule has 3 aromatic carbocycles. The molecule has 5 rings (SSSR count). The summed E-state index contributed by atoms with van der Waals surface area (Å²) in [6.07, 6.45) is -21.9. The van der Waals surface area contributed by atoms with E-state index in [1.165, 1.54) is 36.4 Å². The number of nitriles is 6. The van der Waals surface area contributed by atoms with E-state index in [-0.39, 0.29) is 36.4 Å². The minimum absolute atomic E-state index is 0.102. The van der Waals surface area contributed by atoms with Gasteiger partial charge in [-0.2, -0.15) is 84.3 Å². The van der Waals surface area contributed by atoms with Gasteiger partial charge in [0.2, 0.25) is 0 Å². The smallest absolute Gasteiger partial charge is 0.206 e. The Morgan fingerprint density at radius 1 is 0.418 bits per heavy atom. The molecule has 272 valence electrons. The van der Waals surface area contributed by atoms with Crippen LogP contribution in [0.5, 0.6) is 0 Å². The van der Waals surface area contributed by atoms with Crippen LogP contribution in [0, 0.1) is 73.8 Å². The van der Waals surface area contributed by atoms with Gasteiger partial charge in [0.25, 0.3) is 0 Å². The monoisotopic (exact) mass is 770 g/mol. The summed E-state index contributed by atoms with van der Waals surface area (Å²) in [7, 11) is 0. The SMILES string of the molecule is N#CC(C#N)=C1C(c2cc(C(F)(F)F)cc(C(F)(F)F)c2)=C(C#N)c2cc3c(c(F)c21)C(=C(C#N)C#N)C(c1cc(C(F)(F)F)cc(C(F)(F)F)c1)=C3C#N. The molecule has 0 saturated heterocycles. The van der Waals surface area contributed by atoms with Crippen LogP contribution in [-0.4, -0.2) is 0 Å². The maximum Gasteiger partial charge on any atom is 0.416 e. The van der Waals surface area contributed by atoms with E-state index in [1.54, 1.807) is 0 Å². The number of hydrogen-bond donors (Lipinski definition) is 0. The lowest BCUT2D eigenvalue weighted by atomic mass is 9.87. The van der Waals surface area contributed by atoms with Crippen molar-refractivity contribution in [2.45, 2.75) is 24.7 Å². The zero-order valence-corrected chi connectivity index (χ0v) is 26.1. The van der Waals surface area contributed by atoms with Gasteiger partial charge in [0, 0.05) is 44.5 Å². The Bertz CT molecular complexity index is 2380. The number of allylic oxidation sites excluding steroid dienone is 8. The van der Waals surface area contributed by atoms with Gasteiger partial charge in [0.1, 0.15) is 53.4 Å². The van der Waals surface area contributed by atoms with Crippen LogP contribution in [0.1, 0.15) is 55.6 Å². The highest BCUT2D eigenvalue weighted by Gasteiger charge is 2.44. The van der Waals surface area contributed by atoms with Gasteiger partial charge in [-0.05, 0) is 53.6 Å². The molecule has 0 heterocycles. The quantitative estimate of drug-likeness (QED) is 0.187. The fourth-order valence-corrected chi connectivity index (χ4v) is 6.08. The van der Waals surface area contributed by atoms with Crippen molar-refractivity contribution in [3.05, 3.63) is 115 Å². The molecule has 6 nitrogen and oxygen atoms in total. The molecule has 0 fully saturated rings. The normalized spacial score (nSPS) is 13.9. The van der Waals surface area contributed by atoms with Gasteiger partial charge in [-0.1, -0.05) is 0 Å². The van der Waals surface area contributed by atoms with Crippen molar-refractivity contribution < 1.29 is 57.1 Å². The van der Waals surface area contributed by atoms with Crippen LogP contribution in [-0.2, 0) is 24.7 Å². The molecular weight excluding hydrogens is 763 g/mol. The standard InChI is InChI=1S/C36H7F13N6/c37-32-30-22(24(12-54)26(28(30)16(8-50)9-51)14-1-18(33(38,39)40)5-19(2-14)34(41,42)43)7-23-25(13-55)27(29(31(23)32)17(10-52)11-53)15-3-20(35(44,45)46)6-21(4-15)36(47,48)49/h1-7H. The molecule has 0 amide bonds. The Morgan fingerprint density at radius 2 is 0.691 bits per heavy atom. The molecule has 0 atom stereocenters. The highest BCUT2D eigenvalue weighted by atomic mass is 19.4. The van der Waals surface area contributed by atoms with E-state index >= 15 is 4.39 Å². The number of hydrogen-bond acceptors (Lipinski definition) is 6. The predicted molar refractivity (Wildman–Crippen MR) is 160 cm³/mol. The van der Waals surface area contributed by atoms with Gasteiger partial charge in [-0.3, -0.25) is 0 Å². The summed E-state index contributed by atoms with van der Waals surface area (Å²) in [4.78, 5) is 0. The van der Waals surface area contributed by atoms with Crippen LogP contribution >= 0.6 is 0 Å². The Morgan fingerprint density at radius 3 is 0.909 bits per heavy atom. The second kappa shape index (κ2) is 12.9. The van der Waals surface area contributed by atoms with E-state index < -0.39 is 131 Å². The highest BCUT2D eigenvalue weighted by Crippen LogP contribution is 2.57. The van der Waals surface area contributed by atoms with Crippen LogP contribution in [0.25, 0.3) is 33.4 Å². The van der Waals surface area contributed by atoms with Crippen molar-refractivity contribution in [1.82, 2.24) is 0 Å². The number of rotatable bonds is 2. The molecule has 0 saturated carbocycles. The van der Waals surface area contributed by atoms with Crippen molar-refractivity contribution in [3.8, 4) is 36.4 Å². The molecule has 55 heavy (non-hydrogen) atoms. The van der Waals surface area contributed by atoms with E-state index in [0.717, 1.165) is 0 Å². The lowest BCUT2D eigenvalue weighted by molar-refractivity contribution is -0.144. The predicted octanol–water partition coefficient (Wildman–Crippen LogP) is 10.4. The van der Waals surface area contributed by atoms with Gasteiger partial charge in [0.15, 0.2) is 0 Å². The van der Waals surface area contributed by atoms with Gasteiger partial charge < -0.3 is 0 Å². The lowest BCUT2D eigenvalue weighted by Crippen LogP contribution is -2.12.